The molecule has 0 aliphatic carbocycles. The minimum absolute atomic E-state index is 0.0371. The fourth-order valence-corrected chi connectivity index (χ4v) is 2.50. The molecular weight excluding hydrogens is 200 g/mol. The van der Waals surface area contributed by atoms with Crippen LogP contribution in [-0.4, -0.2) is 49.3 Å². The van der Waals surface area contributed by atoms with Gasteiger partial charge in [0.1, 0.15) is 0 Å². The highest BCUT2D eigenvalue weighted by Crippen LogP contribution is 2.21. The van der Waals surface area contributed by atoms with Gasteiger partial charge in [-0.15, -0.1) is 0 Å². The standard InChI is InChI=1S/C13H28N2O/c1-6-13(7-2)11-15(9-8-14-13)10-12(3,4)16-5/h14H,6-11H2,1-5H3. The highest BCUT2D eigenvalue weighted by molar-refractivity contribution is 4.94. The van der Waals surface area contributed by atoms with Crippen LogP contribution in [0.4, 0.5) is 0 Å². The molecule has 1 aliphatic heterocycles. The van der Waals surface area contributed by atoms with E-state index in [4.69, 9.17) is 4.74 Å². The molecule has 3 nitrogen and oxygen atoms in total. The first-order chi connectivity index (χ1) is 7.47. The lowest BCUT2D eigenvalue weighted by molar-refractivity contribution is -0.0212. The fraction of sp³-hybridized carbons (Fsp3) is 1.00. The molecule has 0 saturated carbocycles. The topological polar surface area (TPSA) is 24.5 Å². The number of hydrogen-bond donors (Lipinski definition) is 1. The van der Waals surface area contributed by atoms with Gasteiger partial charge in [0.2, 0.25) is 0 Å². The van der Waals surface area contributed by atoms with Crippen molar-refractivity contribution in [3.63, 3.8) is 0 Å². The highest BCUT2D eigenvalue weighted by Gasteiger charge is 2.33. The van der Waals surface area contributed by atoms with Gasteiger partial charge >= 0.3 is 0 Å². The minimum atomic E-state index is -0.0371. The second kappa shape index (κ2) is 5.48. The highest BCUT2D eigenvalue weighted by atomic mass is 16.5. The Morgan fingerprint density at radius 2 is 1.94 bits per heavy atom. The molecule has 1 aliphatic rings. The normalized spacial score (nSPS) is 22.3. The van der Waals surface area contributed by atoms with Gasteiger partial charge in [0, 0.05) is 38.8 Å². The van der Waals surface area contributed by atoms with Crippen LogP contribution in [0.15, 0.2) is 0 Å². The molecular formula is C13H28N2O. The molecule has 0 spiro atoms. The van der Waals surface area contributed by atoms with E-state index in [0.717, 1.165) is 26.2 Å². The van der Waals surface area contributed by atoms with Crippen molar-refractivity contribution in [3.8, 4) is 0 Å². The van der Waals surface area contributed by atoms with E-state index in [9.17, 15) is 0 Å². The van der Waals surface area contributed by atoms with E-state index in [1.54, 1.807) is 7.11 Å². The summed E-state index contributed by atoms with van der Waals surface area (Å²) in [5.41, 5.74) is 0.284. The van der Waals surface area contributed by atoms with Gasteiger partial charge in [-0.05, 0) is 26.7 Å². The molecule has 0 unspecified atom stereocenters. The van der Waals surface area contributed by atoms with Crippen molar-refractivity contribution in [2.24, 2.45) is 0 Å². The quantitative estimate of drug-likeness (QED) is 0.777. The Kier molecular flexibility index (Phi) is 4.77. The van der Waals surface area contributed by atoms with Gasteiger partial charge in [-0.1, -0.05) is 13.8 Å². The Morgan fingerprint density at radius 3 is 2.44 bits per heavy atom. The second-order valence-corrected chi connectivity index (χ2v) is 5.59. The van der Waals surface area contributed by atoms with Crippen LogP contribution in [0.3, 0.4) is 0 Å². The smallest absolute Gasteiger partial charge is 0.0749 e. The Bertz CT molecular complexity index is 212. The maximum Gasteiger partial charge on any atom is 0.0749 e. The lowest BCUT2D eigenvalue weighted by Gasteiger charge is -2.45. The van der Waals surface area contributed by atoms with Crippen LogP contribution >= 0.6 is 0 Å². The van der Waals surface area contributed by atoms with Crippen LogP contribution in [0.5, 0.6) is 0 Å². The first-order valence-corrected chi connectivity index (χ1v) is 6.49. The SMILES string of the molecule is CCC1(CC)CN(CC(C)(C)OC)CCN1. The lowest BCUT2D eigenvalue weighted by atomic mass is 9.89. The van der Waals surface area contributed by atoms with E-state index < -0.39 is 0 Å². The van der Waals surface area contributed by atoms with E-state index in [1.165, 1.54) is 12.8 Å². The van der Waals surface area contributed by atoms with Gasteiger partial charge in [-0.25, -0.2) is 0 Å². The third-order valence-electron chi connectivity index (χ3n) is 3.96. The second-order valence-electron chi connectivity index (χ2n) is 5.59. The molecule has 0 aromatic heterocycles. The number of ether oxygens (including phenoxy) is 1. The third kappa shape index (κ3) is 3.44. The summed E-state index contributed by atoms with van der Waals surface area (Å²) in [5.74, 6) is 0. The Hall–Kier alpha value is -0.120. The zero-order chi connectivity index (χ0) is 12.2. The summed E-state index contributed by atoms with van der Waals surface area (Å²) < 4.78 is 5.51. The molecule has 1 rings (SSSR count). The molecule has 0 aromatic carbocycles. The van der Waals surface area contributed by atoms with E-state index in [1.807, 2.05) is 0 Å². The molecule has 0 aromatic rings. The first-order valence-electron chi connectivity index (χ1n) is 6.49. The molecule has 1 N–H and O–H groups in total. The molecule has 1 heterocycles. The maximum absolute atomic E-state index is 5.51. The summed E-state index contributed by atoms with van der Waals surface area (Å²) in [7, 11) is 1.80. The van der Waals surface area contributed by atoms with Crippen LogP contribution in [0.1, 0.15) is 40.5 Å². The van der Waals surface area contributed by atoms with Gasteiger partial charge < -0.3 is 10.1 Å². The lowest BCUT2D eigenvalue weighted by Crippen LogP contribution is -2.61. The van der Waals surface area contributed by atoms with E-state index in [0.29, 0.717) is 5.54 Å². The van der Waals surface area contributed by atoms with Crippen LogP contribution in [0, 0.1) is 0 Å². The van der Waals surface area contributed by atoms with Crippen LogP contribution in [0.2, 0.25) is 0 Å². The predicted octanol–water partition coefficient (Wildman–Crippen LogP) is 1.88. The number of hydrogen-bond acceptors (Lipinski definition) is 3. The van der Waals surface area contributed by atoms with E-state index in [2.05, 4.69) is 37.9 Å². The average Bonchev–Trinajstić information content (AvgIpc) is 2.28. The van der Waals surface area contributed by atoms with Crippen LogP contribution < -0.4 is 5.32 Å². The number of methoxy groups -OCH3 is 1. The third-order valence-corrected chi connectivity index (χ3v) is 3.96. The monoisotopic (exact) mass is 228 g/mol. The summed E-state index contributed by atoms with van der Waals surface area (Å²) in [6.45, 7) is 13.3. The van der Waals surface area contributed by atoms with Crippen molar-refractivity contribution in [3.05, 3.63) is 0 Å². The molecule has 1 saturated heterocycles. The molecule has 1 fully saturated rings. The van der Waals surface area contributed by atoms with E-state index >= 15 is 0 Å². The van der Waals surface area contributed by atoms with Gasteiger partial charge in [0.25, 0.3) is 0 Å². The Balaban J connectivity index is 2.57. The van der Waals surface area contributed by atoms with Crippen LogP contribution in [0.25, 0.3) is 0 Å². The summed E-state index contributed by atoms with van der Waals surface area (Å²) in [5, 5.41) is 3.68. The average molecular weight is 228 g/mol. The molecule has 3 heteroatoms. The summed E-state index contributed by atoms with van der Waals surface area (Å²) in [6.07, 6.45) is 2.40. The maximum atomic E-state index is 5.51. The largest absolute Gasteiger partial charge is 0.377 e. The minimum Gasteiger partial charge on any atom is -0.377 e. The Morgan fingerprint density at radius 1 is 1.31 bits per heavy atom. The van der Waals surface area contributed by atoms with Crippen molar-refractivity contribution >= 4 is 0 Å². The summed E-state index contributed by atoms with van der Waals surface area (Å²) in [6, 6.07) is 0. The molecule has 96 valence electrons. The first kappa shape index (κ1) is 13.9. The van der Waals surface area contributed by atoms with Gasteiger partial charge in [-0.3, -0.25) is 4.90 Å². The van der Waals surface area contributed by atoms with Crippen molar-refractivity contribution in [2.45, 2.75) is 51.7 Å². The fourth-order valence-electron chi connectivity index (χ4n) is 2.50. The van der Waals surface area contributed by atoms with Crippen molar-refractivity contribution in [1.29, 1.82) is 0 Å². The molecule has 0 bridgehead atoms. The number of piperazine rings is 1. The number of nitrogens with one attached hydrogen (secondary N) is 1. The zero-order valence-corrected chi connectivity index (χ0v) is 11.6. The molecule has 0 radical (unpaired) electrons. The van der Waals surface area contributed by atoms with E-state index in [-0.39, 0.29) is 5.60 Å². The van der Waals surface area contributed by atoms with Gasteiger partial charge in [-0.2, -0.15) is 0 Å². The molecule has 16 heavy (non-hydrogen) atoms. The number of rotatable bonds is 5. The summed E-state index contributed by atoms with van der Waals surface area (Å²) in [4.78, 5) is 2.53. The summed E-state index contributed by atoms with van der Waals surface area (Å²) >= 11 is 0. The van der Waals surface area contributed by atoms with Crippen molar-refractivity contribution in [2.75, 3.05) is 33.3 Å². The van der Waals surface area contributed by atoms with Gasteiger partial charge in [0.15, 0.2) is 0 Å². The Labute approximate surface area is 101 Å². The zero-order valence-electron chi connectivity index (χ0n) is 11.6. The van der Waals surface area contributed by atoms with Crippen molar-refractivity contribution < 1.29 is 4.74 Å². The number of nitrogens with zero attached hydrogens (tertiary/aromatic N) is 1. The van der Waals surface area contributed by atoms with Crippen LogP contribution in [-0.2, 0) is 4.74 Å². The van der Waals surface area contributed by atoms with Crippen molar-refractivity contribution in [1.82, 2.24) is 10.2 Å². The predicted molar refractivity (Wildman–Crippen MR) is 68.8 cm³/mol. The van der Waals surface area contributed by atoms with Gasteiger partial charge in [0.05, 0.1) is 5.60 Å². The molecule has 0 amide bonds. The molecule has 0 atom stereocenters.